The summed E-state index contributed by atoms with van der Waals surface area (Å²) in [6.07, 6.45) is 1.93. The van der Waals surface area contributed by atoms with Crippen LogP contribution in [0, 0.1) is 0 Å². The molecule has 1 aromatic heterocycles. The van der Waals surface area contributed by atoms with Crippen LogP contribution in [0.1, 0.15) is 39.5 Å². The molecule has 0 aliphatic carbocycles. The normalized spacial score (nSPS) is 13.2. The minimum atomic E-state index is -0.000880. The van der Waals surface area contributed by atoms with Crippen molar-refractivity contribution in [1.29, 1.82) is 0 Å². The summed E-state index contributed by atoms with van der Waals surface area (Å²) in [6.45, 7) is 11.0. The van der Waals surface area contributed by atoms with E-state index in [1.807, 2.05) is 11.7 Å². The topological polar surface area (TPSA) is 24.9 Å². The van der Waals surface area contributed by atoms with Crippen molar-refractivity contribution in [3.63, 3.8) is 0 Å². The fourth-order valence-corrected chi connectivity index (χ4v) is 2.29. The summed E-state index contributed by atoms with van der Waals surface area (Å²) in [5.41, 5.74) is 1.87. The fraction of sp³-hybridized carbons (Fsp3) is 0.700. The highest BCUT2D eigenvalue weighted by Crippen LogP contribution is 2.29. The first-order valence-electron chi connectivity index (χ1n) is 4.65. The smallest absolute Gasteiger partial charge is 0.0794 e. The van der Waals surface area contributed by atoms with E-state index in [2.05, 4.69) is 44.3 Å². The highest BCUT2D eigenvalue weighted by molar-refractivity contribution is 7.98. The lowest BCUT2D eigenvalue weighted by Gasteiger charge is -2.28. The van der Waals surface area contributed by atoms with Gasteiger partial charge >= 0.3 is 0 Å². The Morgan fingerprint density at radius 3 is 2.36 bits per heavy atom. The average molecular weight is 230 g/mol. The van der Waals surface area contributed by atoms with Gasteiger partial charge < -0.3 is 0 Å². The Hall–Kier alpha value is -0.0600. The Labute approximate surface area is 94.7 Å². The second-order valence-electron chi connectivity index (χ2n) is 4.81. The SMILES string of the molecule is CC(C)(C)SNC(C)(C)c1cncs1. The van der Waals surface area contributed by atoms with Crippen LogP contribution in [-0.2, 0) is 5.54 Å². The second-order valence-corrected chi connectivity index (χ2v) is 7.33. The first-order valence-corrected chi connectivity index (χ1v) is 6.35. The van der Waals surface area contributed by atoms with E-state index in [0.29, 0.717) is 0 Å². The molecule has 14 heavy (non-hydrogen) atoms. The number of nitrogens with zero attached hydrogens (tertiary/aromatic N) is 1. The number of nitrogens with one attached hydrogen (secondary N) is 1. The van der Waals surface area contributed by atoms with Gasteiger partial charge in [-0.1, -0.05) is 11.9 Å². The van der Waals surface area contributed by atoms with Gasteiger partial charge in [-0.25, -0.2) is 0 Å². The van der Waals surface area contributed by atoms with Crippen LogP contribution in [0.2, 0.25) is 0 Å². The zero-order valence-electron chi connectivity index (χ0n) is 9.42. The number of rotatable bonds is 3. The van der Waals surface area contributed by atoms with E-state index in [0.717, 1.165) is 0 Å². The van der Waals surface area contributed by atoms with Crippen molar-refractivity contribution in [1.82, 2.24) is 9.71 Å². The lowest BCUT2D eigenvalue weighted by molar-refractivity contribution is 0.515. The molecule has 0 aliphatic heterocycles. The Balaban J connectivity index is 2.59. The average Bonchev–Trinajstić information content (AvgIpc) is 2.52. The van der Waals surface area contributed by atoms with Crippen molar-refractivity contribution in [2.45, 2.75) is 44.9 Å². The monoisotopic (exact) mass is 230 g/mol. The van der Waals surface area contributed by atoms with Gasteiger partial charge in [0.1, 0.15) is 0 Å². The molecule has 0 spiro atoms. The van der Waals surface area contributed by atoms with Crippen molar-refractivity contribution >= 4 is 23.3 Å². The highest BCUT2D eigenvalue weighted by atomic mass is 32.2. The minimum Gasteiger partial charge on any atom is -0.253 e. The number of aromatic nitrogens is 1. The third kappa shape index (κ3) is 3.59. The zero-order chi connectivity index (χ0) is 10.8. The zero-order valence-corrected chi connectivity index (χ0v) is 11.1. The predicted molar refractivity (Wildman–Crippen MR) is 65.6 cm³/mol. The Kier molecular flexibility index (Phi) is 3.61. The molecule has 0 bridgehead atoms. The molecule has 0 aliphatic rings. The van der Waals surface area contributed by atoms with Crippen molar-refractivity contribution in [2.75, 3.05) is 0 Å². The van der Waals surface area contributed by atoms with E-state index in [-0.39, 0.29) is 10.3 Å². The highest BCUT2D eigenvalue weighted by Gasteiger charge is 2.24. The van der Waals surface area contributed by atoms with Gasteiger partial charge in [0.25, 0.3) is 0 Å². The minimum absolute atomic E-state index is 0.000880. The summed E-state index contributed by atoms with van der Waals surface area (Å²) >= 11 is 3.46. The van der Waals surface area contributed by atoms with E-state index in [9.17, 15) is 0 Å². The first-order chi connectivity index (χ1) is 6.31. The van der Waals surface area contributed by atoms with Gasteiger partial charge in [-0.05, 0) is 34.6 Å². The molecule has 80 valence electrons. The van der Waals surface area contributed by atoms with Crippen LogP contribution >= 0.6 is 23.3 Å². The van der Waals surface area contributed by atoms with E-state index < -0.39 is 0 Å². The van der Waals surface area contributed by atoms with Crippen molar-refractivity contribution < 1.29 is 0 Å². The van der Waals surface area contributed by atoms with Crippen molar-refractivity contribution in [3.05, 3.63) is 16.6 Å². The summed E-state index contributed by atoms with van der Waals surface area (Å²) in [5, 5.41) is 0. The van der Waals surface area contributed by atoms with E-state index >= 15 is 0 Å². The molecule has 0 unspecified atom stereocenters. The molecule has 0 radical (unpaired) electrons. The van der Waals surface area contributed by atoms with Crippen LogP contribution < -0.4 is 4.72 Å². The van der Waals surface area contributed by atoms with Gasteiger partial charge in [0.2, 0.25) is 0 Å². The maximum Gasteiger partial charge on any atom is 0.0794 e. The molecule has 0 aromatic carbocycles. The van der Waals surface area contributed by atoms with Crippen molar-refractivity contribution in [2.24, 2.45) is 0 Å². The van der Waals surface area contributed by atoms with Crippen LogP contribution in [0.4, 0.5) is 0 Å². The van der Waals surface area contributed by atoms with Crippen LogP contribution in [0.5, 0.6) is 0 Å². The van der Waals surface area contributed by atoms with Gasteiger partial charge in [-0.2, -0.15) is 0 Å². The molecule has 0 fully saturated rings. The first kappa shape index (κ1) is 12.0. The summed E-state index contributed by atoms with van der Waals surface area (Å²) < 4.78 is 3.73. The molecule has 1 heterocycles. The second kappa shape index (κ2) is 4.21. The molecule has 1 N–H and O–H groups in total. The van der Waals surface area contributed by atoms with E-state index in [1.165, 1.54) is 4.88 Å². The Morgan fingerprint density at radius 2 is 1.93 bits per heavy atom. The quantitative estimate of drug-likeness (QED) is 0.805. The van der Waals surface area contributed by atoms with E-state index in [4.69, 9.17) is 0 Å². The molecule has 0 saturated heterocycles. The van der Waals surface area contributed by atoms with Crippen LogP contribution in [0.15, 0.2) is 11.7 Å². The number of hydrogen-bond donors (Lipinski definition) is 1. The molecular weight excluding hydrogens is 212 g/mol. The number of hydrogen-bond acceptors (Lipinski definition) is 4. The molecule has 0 atom stereocenters. The molecule has 0 saturated carbocycles. The third-order valence-electron chi connectivity index (χ3n) is 1.66. The van der Waals surface area contributed by atoms with Gasteiger partial charge in [0.05, 0.1) is 11.0 Å². The predicted octanol–water partition coefficient (Wildman–Crippen LogP) is 3.41. The molecule has 0 amide bonds. The van der Waals surface area contributed by atoms with Crippen molar-refractivity contribution in [3.8, 4) is 0 Å². The molecular formula is C10H18N2S2. The van der Waals surface area contributed by atoms with Crippen LogP contribution in [0.3, 0.4) is 0 Å². The Morgan fingerprint density at radius 1 is 1.29 bits per heavy atom. The number of thiazole rings is 1. The maximum atomic E-state index is 4.10. The van der Waals surface area contributed by atoms with E-state index in [1.54, 1.807) is 23.3 Å². The van der Waals surface area contributed by atoms with Gasteiger partial charge in [-0.15, -0.1) is 11.3 Å². The fourth-order valence-electron chi connectivity index (χ4n) is 0.855. The summed E-state index contributed by atoms with van der Waals surface area (Å²) in [5.74, 6) is 0. The third-order valence-corrected chi connectivity index (χ3v) is 3.98. The lowest BCUT2D eigenvalue weighted by atomic mass is 10.1. The molecule has 2 nitrogen and oxygen atoms in total. The molecule has 4 heteroatoms. The van der Waals surface area contributed by atoms with Gasteiger partial charge in [0.15, 0.2) is 0 Å². The summed E-state index contributed by atoms with van der Waals surface area (Å²) in [7, 11) is 0. The van der Waals surface area contributed by atoms with Gasteiger partial charge in [-0.3, -0.25) is 9.71 Å². The Bertz CT molecular complexity index is 273. The van der Waals surface area contributed by atoms with Gasteiger partial charge in [0, 0.05) is 15.8 Å². The lowest BCUT2D eigenvalue weighted by Crippen LogP contribution is -2.33. The standard InChI is InChI=1S/C10H18N2S2/c1-9(2,3)14-12-10(4,5)8-6-11-7-13-8/h6-7,12H,1-5H3. The molecule has 1 aromatic rings. The summed E-state index contributed by atoms with van der Waals surface area (Å²) in [4.78, 5) is 5.37. The largest absolute Gasteiger partial charge is 0.253 e. The summed E-state index contributed by atoms with van der Waals surface area (Å²) in [6, 6.07) is 0. The molecule has 1 rings (SSSR count). The maximum absolute atomic E-state index is 4.10. The van der Waals surface area contributed by atoms with Crippen LogP contribution in [0.25, 0.3) is 0 Å². The van der Waals surface area contributed by atoms with Crippen LogP contribution in [-0.4, -0.2) is 9.73 Å².